The second-order valence-electron chi connectivity index (χ2n) is 5.61. The fraction of sp³-hybridized carbons (Fsp3) is 0.333. The highest BCUT2D eigenvalue weighted by Crippen LogP contribution is 2.21. The number of esters is 1. The van der Waals surface area contributed by atoms with Crippen LogP contribution in [-0.2, 0) is 17.7 Å². The number of H-pyrrole nitrogens is 1. The zero-order valence-corrected chi connectivity index (χ0v) is 14.3. The molecule has 0 saturated carbocycles. The third-order valence-electron chi connectivity index (χ3n) is 3.94. The lowest BCUT2D eigenvalue weighted by molar-refractivity contribution is 0.0599. The number of benzene rings is 1. The lowest BCUT2D eigenvalue weighted by Crippen LogP contribution is -2.27. The fourth-order valence-electron chi connectivity index (χ4n) is 2.69. The Morgan fingerprint density at radius 3 is 2.62 bits per heavy atom. The van der Waals surface area contributed by atoms with Crippen molar-refractivity contribution in [2.45, 2.75) is 26.8 Å². The Bertz CT molecular complexity index is 768. The molecule has 128 valence electrons. The molecule has 5 nitrogen and oxygen atoms in total. The van der Waals surface area contributed by atoms with E-state index in [9.17, 15) is 14.0 Å². The van der Waals surface area contributed by atoms with E-state index in [0.29, 0.717) is 34.5 Å². The van der Waals surface area contributed by atoms with Crippen molar-refractivity contribution >= 4 is 11.9 Å². The summed E-state index contributed by atoms with van der Waals surface area (Å²) in [4.78, 5) is 29.1. The van der Waals surface area contributed by atoms with Gasteiger partial charge in [-0.2, -0.15) is 0 Å². The van der Waals surface area contributed by atoms with Gasteiger partial charge in [0.1, 0.15) is 11.5 Å². The van der Waals surface area contributed by atoms with E-state index in [2.05, 4.69) is 4.98 Å². The second kappa shape index (κ2) is 7.29. The highest BCUT2D eigenvalue weighted by Gasteiger charge is 2.25. The van der Waals surface area contributed by atoms with Gasteiger partial charge in [-0.3, -0.25) is 4.79 Å². The maximum Gasteiger partial charge on any atom is 0.339 e. The maximum absolute atomic E-state index is 13.3. The molecule has 1 aromatic carbocycles. The lowest BCUT2D eigenvalue weighted by Gasteiger charge is -2.17. The summed E-state index contributed by atoms with van der Waals surface area (Å²) in [5, 5.41) is 0. The van der Waals surface area contributed by atoms with Crippen molar-refractivity contribution in [3.05, 3.63) is 58.2 Å². The average Bonchev–Trinajstić information content (AvgIpc) is 2.90. The van der Waals surface area contributed by atoms with E-state index in [1.807, 2.05) is 6.92 Å². The zero-order chi connectivity index (χ0) is 17.9. The molecule has 6 heteroatoms. The quantitative estimate of drug-likeness (QED) is 0.856. The number of nitrogens with one attached hydrogen (secondary N) is 1. The first kappa shape index (κ1) is 17.7. The van der Waals surface area contributed by atoms with Crippen LogP contribution in [0.25, 0.3) is 0 Å². The molecule has 0 bridgehead atoms. The van der Waals surface area contributed by atoms with Gasteiger partial charge < -0.3 is 14.6 Å². The number of carbonyl (C=O) groups excluding carboxylic acids is 2. The van der Waals surface area contributed by atoms with E-state index in [0.717, 1.165) is 0 Å². The first-order valence-electron chi connectivity index (χ1n) is 7.68. The summed E-state index contributed by atoms with van der Waals surface area (Å²) in [5.41, 5.74) is 2.68. The topological polar surface area (TPSA) is 62.4 Å². The molecule has 0 atom stereocenters. The smallest absolute Gasteiger partial charge is 0.339 e. The van der Waals surface area contributed by atoms with Gasteiger partial charge in [0.05, 0.1) is 12.7 Å². The third kappa shape index (κ3) is 3.48. The van der Waals surface area contributed by atoms with Gasteiger partial charge in [-0.25, -0.2) is 9.18 Å². The SMILES string of the molecule is CCc1[nH]c(C(=O)N(C)Cc2cccc(F)c2)c(C)c1C(=O)OC. The van der Waals surface area contributed by atoms with Crippen LogP contribution in [0.2, 0.25) is 0 Å². The van der Waals surface area contributed by atoms with Crippen LogP contribution in [0.3, 0.4) is 0 Å². The van der Waals surface area contributed by atoms with Crippen molar-refractivity contribution < 1.29 is 18.7 Å². The van der Waals surface area contributed by atoms with Gasteiger partial charge in [0.2, 0.25) is 0 Å². The highest BCUT2D eigenvalue weighted by atomic mass is 19.1. The van der Waals surface area contributed by atoms with Crippen LogP contribution in [0.15, 0.2) is 24.3 Å². The number of methoxy groups -OCH3 is 1. The number of nitrogens with zero attached hydrogens (tertiary/aromatic N) is 1. The van der Waals surface area contributed by atoms with E-state index < -0.39 is 5.97 Å². The van der Waals surface area contributed by atoms with Gasteiger partial charge in [-0.1, -0.05) is 19.1 Å². The van der Waals surface area contributed by atoms with Gasteiger partial charge in [-0.05, 0) is 36.6 Å². The molecule has 0 unspecified atom stereocenters. The molecule has 1 heterocycles. The van der Waals surface area contributed by atoms with Crippen molar-refractivity contribution in [1.82, 2.24) is 9.88 Å². The average molecular weight is 332 g/mol. The summed E-state index contributed by atoms with van der Waals surface area (Å²) >= 11 is 0. The van der Waals surface area contributed by atoms with E-state index in [-0.39, 0.29) is 18.3 Å². The van der Waals surface area contributed by atoms with Crippen LogP contribution in [0.1, 0.15) is 44.6 Å². The Morgan fingerprint density at radius 2 is 2.04 bits per heavy atom. The summed E-state index contributed by atoms with van der Waals surface area (Å²) in [6.45, 7) is 3.87. The van der Waals surface area contributed by atoms with Crippen LogP contribution in [0.4, 0.5) is 4.39 Å². The van der Waals surface area contributed by atoms with Crippen molar-refractivity contribution in [2.24, 2.45) is 0 Å². The summed E-state index contributed by atoms with van der Waals surface area (Å²) in [7, 11) is 2.95. The van der Waals surface area contributed by atoms with Gasteiger partial charge in [0.25, 0.3) is 5.91 Å². The summed E-state index contributed by atoms with van der Waals surface area (Å²) in [6, 6.07) is 6.11. The van der Waals surface area contributed by atoms with E-state index in [4.69, 9.17) is 4.74 Å². The Morgan fingerprint density at radius 1 is 1.33 bits per heavy atom. The zero-order valence-electron chi connectivity index (χ0n) is 14.3. The van der Waals surface area contributed by atoms with Crippen LogP contribution in [-0.4, -0.2) is 35.9 Å². The van der Waals surface area contributed by atoms with Crippen LogP contribution >= 0.6 is 0 Å². The molecule has 0 aliphatic heterocycles. The third-order valence-corrected chi connectivity index (χ3v) is 3.94. The normalized spacial score (nSPS) is 10.5. The van der Waals surface area contributed by atoms with Gasteiger partial charge in [0.15, 0.2) is 0 Å². The number of hydrogen-bond donors (Lipinski definition) is 1. The van der Waals surface area contributed by atoms with Crippen molar-refractivity contribution in [2.75, 3.05) is 14.2 Å². The first-order chi connectivity index (χ1) is 11.4. The molecule has 1 N–H and O–H groups in total. The number of ether oxygens (including phenoxy) is 1. The first-order valence-corrected chi connectivity index (χ1v) is 7.68. The Hall–Kier alpha value is -2.63. The minimum absolute atomic E-state index is 0.262. The molecule has 0 saturated heterocycles. The number of amides is 1. The van der Waals surface area contributed by atoms with E-state index >= 15 is 0 Å². The number of hydrogen-bond acceptors (Lipinski definition) is 3. The number of halogens is 1. The largest absolute Gasteiger partial charge is 0.465 e. The minimum Gasteiger partial charge on any atom is -0.465 e. The summed E-state index contributed by atoms with van der Waals surface area (Å²) in [5.74, 6) is -1.07. The van der Waals surface area contributed by atoms with Crippen molar-refractivity contribution in [3.63, 3.8) is 0 Å². The molecule has 2 aromatic rings. The molecule has 24 heavy (non-hydrogen) atoms. The summed E-state index contributed by atoms with van der Waals surface area (Å²) < 4.78 is 18.1. The molecule has 0 fully saturated rings. The molecule has 0 radical (unpaired) electrons. The molecule has 0 aliphatic carbocycles. The minimum atomic E-state index is -0.465. The molecule has 0 spiro atoms. The number of carbonyl (C=O) groups is 2. The molecular formula is C18H21FN2O3. The lowest BCUT2D eigenvalue weighted by atomic mass is 10.1. The Balaban J connectivity index is 2.29. The Labute approximate surface area is 140 Å². The van der Waals surface area contributed by atoms with E-state index in [1.54, 1.807) is 26.1 Å². The molecule has 2 rings (SSSR count). The monoisotopic (exact) mass is 332 g/mol. The van der Waals surface area contributed by atoms with Gasteiger partial charge in [0, 0.05) is 19.3 Å². The van der Waals surface area contributed by atoms with Crippen molar-refractivity contribution in [3.8, 4) is 0 Å². The number of rotatable bonds is 5. The molecule has 0 aliphatic rings. The standard InChI is InChI=1S/C18H21FN2O3/c1-5-14-15(18(23)24-4)11(2)16(20-14)17(22)21(3)10-12-7-6-8-13(19)9-12/h6-9,20H,5,10H2,1-4H3. The molecule has 1 amide bonds. The Kier molecular flexibility index (Phi) is 5.39. The van der Waals surface area contributed by atoms with Crippen LogP contribution in [0, 0.1) is 12.7 Å². The molecular weight excluding hydrogens is 311 g/mol. The summed E-state index contributed by atoms with van der Waals surface area (Å²) in [6.07, 6.45) is 0.576. The van der Waals surface area contributed by atoms with Crippen LogP contribution < -0.4 is 0 Å². The van der Waals surface area contributed by atoms with Gasteiger partial charge in [-0.15, -0.1) is 0 Å². The predicted octanol–water partition coefficient (Wildman–Crippen LogP) is 3.08. The fourth-order valence-corrected chi connectivity index (χ4v) is 2.69. The molecule has 1 aromatic heterocycles. The second-order valence-corrected chi connectivity index (χ2v) is 5.61. The van der Waals surface area contributed by atoms with E-state index in [1.165, 1.54) is 24.1 Å². The number of aromatic amines is 1. The van der Waals surface area contributed by atoms with Gasteiger partial charge >= 0.3 is 5.97 Å². The maximum atomic E-state index is 13.3. The van der Waals surface area contributed by atoms with Crippen molar-refractivity contribution in [1.29, 1.82) is 0 Å². The highest BCUT2D eigenvalue weighted by molar-refractivity contribution is 6.00. The number of aryl methyl sites for hydroxylation is 1. The number of aromatic nitrogens is 1. The van der Waals surface area contributed by atoms with Crippen LogP contribution in [0.5, 0.6) is 0 Å². The predicted molar refractivity (Wildman–Crippen MR) is 88.4 cm³/mol.